The molecule has 2 saturated heterocycles. The van der Waals surface area contributed by atoms with Crippen LogP contribution in [0.5, 0.6) is 0 Å². The third-order valence-electron chi connectivity index (χ3n) is 5.99. The number of ether oxygens (including phenoxy) is 1. The summed E-state index contributed by atoms with van der Waals surface area (Å²) >= 11 is 6.18. The number of nitrogens with zero attached hydrogens (tertiary/aromatic N) is 1. The summed E-state index contributed by atoms with van der Waals surface area (Å²) in [6.07, 6.45) is 3.75. The van der Waals surface area contributed by atoms with Gasteiger partial charge in [-0.3, -0.25) is 4.79 Å². The van der Waals surface area contributed by atoms with Crippen molar-refractivity contribution in [2.45, 2.75) is 49.1 Å². The largest absolute Gasteiger partial charge is 0.377 e. The molecule has 32 heavy (non-hydrogen) atoms. The lowest BCUT2D eigenvalue weighted by atomic mass is 10.0. The molecule has 0 aromatic heterocycles. The van der Waals surface area contributed by atoms with Gasteiger partial charge in [-0.05, 0) is 68.0 Å². The number of amides is 1. The molecule has 9 heteroatoms. The van der Waals surface area contributed by atoms with E-state index in [0.717, 1.165) is 31.2 Å². The van der Waals surface area contributed by atoms with Crippen molar-refractivity contribution in [3.8, 4) is 0 Å². The summed E-state index contributed by atoms with van der Waals surface area (Å²) in [5.41, 5.74) is 1.09. The first kappa shape index (κ1) is 23.2. The van der Waals surface area contributed by atoms with Crippen LogP contribution in [-0.2, 0) is 21.2 Å². The minimum absolute atomic E-state index is 0.0547. The summed E-state index contributed by atoms with van der Waals surface area (Å²) in [5, 5.41) is 0.0547. The van der Waals surface area contributed by atoms with Gasteiger partial charge in [0.1, 0.15) is 10.7 Å². The highest BCUT2D eigenvalue weighted by Gasteiger charge is 2.31. The number of halogens is 2. The molecule has 1 amide bonds. The highest BCUT2D eigenvalue weighted by molar-refractivity contribution is 7.89. The van der Waals surface area contributed by atoms with Crippen LogP contribution in [0, 0.1) is 5.82 Å². The van der Waals surface area contributed by atoms with Crippen molar-refractivity contribution in [2.24, 2.45) is 0 Å². The Morgan fingerprint density at radius 3 is 2.78 bits per heavy atom. The molecule has 2 unspecified atom stereocenters. The van der Waals surface area contributed by atoms with Gasteiger partial charge in [0.05, 0.1) is 11.1 Å². The molecule has 0 saturated carbocycles. The van der Waals surface area contributed by atoms with E-state index in [1.807, 2.05) is 6.07 Å². The number of likely N-dealkylation sites (tertiary alicyclic amines) is 1. The molecule has 4 rings (SSSR count). The summed E-state index contributed by atoms with van der Waals surface area (Å²) in [5.74, 6) is -0.558. The van der Waals surface area contributed by atoms with Gasteiger partial charge in [-0.1, -0.05) is 23.7 Å². The van der Waals surface area contributed by atoms with E-state index in [2.05, 4.69) is 4.72 Å². The molecule has 2 aromatic rings. The van der Waals surface area contributed by atoms with Gasteiger partial charge in [0.25, 0.3) is 5.91 Å². The molecule has 2 atom stereocenters. The zero-order valence-corrected chi connectivity index (χ0v) is 19.2. The Morgan fingerprint density at radius 1 is 1.19 bits per heavy atom. The van der Waals surface area contributed by atoms with Crippen molar-refractivity contribution in [1.82, 2.24) is 9.62 Å². The lowest BCUT2D eigenvalue weighted by Gasteiger charge is -2.25. The molecular weight excluding hydrogens is 455 g/mol. The van der Waals surface area contributed by atoms with E-state index in [4.69, 9.17) is 16.3 Å². The third-order valence-corrected chi connectivity index (χ3v) is 7.90. The van der Waals surface area contributed by atoms with Gasteiger partial charge in [-0.15, -0.1) is 0 Å². The standard InChI is InChI=1S/C23H26ClFN2O4S/c24-21-9-8-17(14-22(21)32(29,30)26-15-20-7-3-11-31-20)23(28)27-10-2-6-19(27)13-16-4-1-5-18(25)12-16/h1,4-5,8-9,12,14,19-20,26H,2-3,6-7,10-11,13,15H2. The number of carbonyl (C=O) groups excluding carboxylic acids is 1. The number of hydrogen-bond acceptors (Lipinski definition) is 4. The third kappa shape index (κ3) is 5.31. The Balaban J connectivity index is 1.50. The summed E-state index contributed by atoms with van der Waals surface area (Å²) in [6.45, 7) is 1.36. The maximum absolute atomic E-state index is 13.6. The number of hydrogen-bond donors (Lipinski definition) is 1. The summed E-state index contributed by atoms with van der Waals surface area (Å²) in [4.78, 5) is 14.9. The number of carbonyl (C=O) groups is 1. The van der Waals surface area contributed by atoms with Crippen molar-refractivity contribution in [1.29, 1.82) is 0 Å². The molecule has 2 fully saturated rings. The van der Waals surface area contributed by atoms with Crippen LogP contribution < -0.4 is 4.72 Å². The molecule has 0 aliphatic carbocycles. The van der Waals surface area contributed by atoms with Crippen molar-refractivity contribution in [3.05, 3.63) is 64.4 Å². The predicted molar refractivity (Wildman–Crippen MR) is 120 cm³/mol. The average Bonchev–Trinajstić information content (AvgIpc) is 3.44. The molecule has 2 aliphatic rings. The minimum atomic E-state index is -3.90. The van der Waals surface area contributed by atoms with Crippen LogP contribution in [0.2, 0.25) is 5.02 Å². The second-order valence-corrected chi connectivity index (χ2v) is 10.4. The molecule has 2 aromatic carbocycles. The van der Waals surface area contributed by atoms with Crippen LogP contribution in [0.15, 0.2) is 47.4 Å². The summed E-state index contributed by atoms with van der Waals surface area (Å²) < 4.78 is 47.2. The van der Waals surface area contributed by atoms with Crippen LogP contribution in [0.4, 0.5) is 4.39 Å². The van der Waals surface area contributed by atoms with Gasteiger partial charge >= 0.3 is 0 Å². The minimum Gasteiger partial charge on any atom is -0.377 e. The molecule has 0 spiro atoms. The smallest absolute Gasteiger partial charge is 0.254 e. The fourth-order valence-electron chi connectivity index (χ4n) is 4.35. The van der Waals surface area contributed by atoms with Crippen molar-refractivity contribution < 1.29 is 22.3 Å². The number of rotatable bonds is 7. The first-order chi connectivity index (χ1) is 15.3. The van der Waals surface area contributed by atoms with Crippen LogP contribution in [0.25, 0.3) is 0 Å². The Bertz CT molecular complexity index is 1090. The van der Waals surface area contributed by atoms with E-state index >= 15 is 0 Å². The number of nitrogens with one attached hydrogen (secondary N) is 1. The first-order valence-electron chi connectivity index (χ1n) is 10.8. The Kier molecular flexibility index (Phi) is 7.14. The van der Waals surface area contributed by atoms with Crippen molar-refractivity contribution >= 4 is 27.5 Å². The zero-order valence-electron chi connectivity index (χ0n) is 17.6. The van der Waals surface area contributed by atoms with Crippen LogP contribution in [0.3, 0.4) is 0 Å². The van der Waals surface area contributed by atoms with Gasteiger partial charge in [0.2, 0.25) is 10.0 Å². The van der Waals surface area contributed by atoms with E-state index in [-0.39, 0.29) is 45.9 Å². The zero-order chi connectivity index (χ0) is 22.7. The highest BCUT2D eigenvalue weighted by atomic mass is 35.5. The number of benzene rings is 2. The molecule has 1 N–H and O–H groups in total. The lowest BCUT2D eigenvalue weighted by Crippen LogP contribution is -2.37. The van der Waals surface area contributed by atoms with E-state index in [1.165, 1.54) is 24.3 Å². The monoisotopic (exact) mass is 480 g/mol. The van der Waals surface area contributed by atoms with E-state index in [9.17, 15) is 17.6 Å². The van der Waals surface area contributed by atoms with E-state index < -0.39 is 10.0 Å². The molecule has 0 radical (unpaired) electrons. The molecule has 6 nitrogen and oxygen atoms in total. The molecule has 2 heterocycles. The normalized spacial score (nSPS) is 21.2. The fraction of sp³-hybridized carbons (Fsp3) is 0.435. The quantitative estimate of drug-likeness (QED) is 0.654. The Morgan fingerprint density at radius 2 is 2.03 bits per heavy atom. The molecule has 0 bridgehead atoms. The molecule has 172 valence electrons. The highest BCUT2D eigenvalue weighted by Crippen LogP contribution is 2.27. The maximum Gasteiger partial charge on any atom is 0.254 e. The van der Waals surface area contributed by atoms with Crippen molar-refractivity contribution in [2.75, 3.05) is 19.7 Å². The topological polar surface area (TPSA) is 75.7 Å². The summed E-state index contributed by atoms with van der Waals surface area (Å²) in [6, 6.07) is 10.6. The van der Waals surface area contributed by atoms with Gasteiger partial charge in [0, 0.05) is 31.3 Å². The number of sulfonamides is 1. The fourth-order valence-corrected chi connectivity index (χ4v) is 5.94. The van der Waals surface area contributed by atoms with Gasteiger partial charge in [-0.2, -0.15) is 0 Å². The van der Waals surface area contributed by atoms with E-state index in [1.54, 1.807) is 17.0 Å². The second-order valence-electron chi connectivity index (χ2n) is 8.26. The van der Waals surface area contributed by atoms with Gasteiger partial charge < -0.3 is 9.64 Å². The lowest BCUT2D eigenvalue weighted by molar-refractivity contribution is 0.0736. The predicted octanol–water partition coefficient (Wildman–Crippen LogP) is 3.78. The van der Waals surface area contributed by atoms with E-state index in [0.29, 0.717) is 19.6 Å². The molecule has 2 aliphatic heterocycles. The van der Waals surface area contributed by atoms with Crippen LogP contribution in [0.1, 0.15) is 41.6 Å². The molecular formula is C23H26ClFN2O4S. The van der Waals surface area contributed by atoms with Crippen LogP contribution in [-0.4, -0.2) is 51.1 Å². The Hall–Kier alpha value is -2.00. The van der Waals surface area contributed by atoms with Crippen LogP contribution >= 0.6 is 11.6 Å². The second kappa shape index (κ2) is 9.87. The Labute approximate surface area is 192 Å². The average molecular weight is 481 g/mol. The first-order valence-corrected chi connectivity index (χ1v) is 12.7. The summed E-state index contributed by atoms with van der Waals surface area (Å²) in [7, 11) is -3.90. The SMILES string of the molecule is O=C(c1ccc(Cl)c(S(=O)(=O)NCC2CCCO2)c1)N1CCCC1Cc1cccc(F)c1. The van der Waals surface area contributed by atoms with Gasteiger partial charge in [0.15, 0.2) is 0 Å². The van der Waals surface area contributed by atoms with Crippen molar-refractivity contribution in [3.63, 3.8) is 0 Å². The van der Waals surface area contributed by atoms with Gasteiger partial charge in [-0.25, -0.2) is 17.5 Å². The maximum atomic E-state index is 13.6.